The first-order valence-electron chi connectivity index (χ1n) is 5.17. The minimum absolute atomic E-state index is 0.868. The van der Waals surface area contributed by atoms with Crippen LogP contribution in [0.15, 0.2) is 53.6 Å². The van der Waals surface area contributed by atoms with Crippen molar-refractivity contribution in [1.29, 1.82) is 0 Å². The molecule has 0 spiro atoms. The topological polar surface area (TPSA) is 42.7 Å². The van der Waals surface area contributed by atoms with Crippen LogP contribution < -0.4 is 5.32 Å². The summed E-state index contributed by atoms with van der Waals surface area (Å²) in [7, 11) is 0. The molecule has 0 atom stereocenters. The minimum atomic E-state index is 0.868. The van der Waals surface area contributed by atoms with Crippen molar-refractivity contribution in [2.45, 2.75) is 0 Å². The average Bonchev–Trinajstić information content (AvgIpc) is 3.01. The van der Waals surface area contributed by atoms with Crippen molar-refractivity contribution in [3.63, 3.8) is 0 Å². The first-order chi connectivity index (χ1) is 8.42. The summed E-state index contributed by atoms with van der Waals surface area (Å²) >= 11 is 1.57. The van der Waals surface area contributed by atoms with Crippen LogP contribution in [0.3, 0.4) is 0 Å². The zero-order valence-electron chi connectivity index (χ0n) is 8.95. The molecule has 4 nitrogen and oxygen atoms in total. The monoisotopic (exact) mass is 242 g/mol. The number of nitrogens with zero attached hydrogens (tertiary/aromatic N) is 3. The first-order valence-corrected chi connectivity index (χ1v) is 6.11. The fourth-order valence-electron chi connectivity index (χ4n) is 1.57. The standard InChI is InChI=1S/C12H10N4S/c1-3-10(15-12-8-17-9-13-12)7-11(4-1)16-6-2-5-14-16/h1-9,15H. The molecule has 0 unspecified atom stereocenters. The van der Waals surface area contributed by atoms with Gasteiger partial charge < -0.3 is 5.32 Å². The molecule has 1 N–H and O–H groups in total. The van der Waals surface area contributed by atoms with Gasteiger partial charge in [0.25, 0.3) is 0 Å². The highest BCUT2D eigenvalue weighted by molar-refractivity contribution is 7.07. The minimum Gasteiger partial charge on any atom is -0.339 e. The molecule has 0 aliphatic carbocycles. The largest absolute Gasteiger partial charge is 0.339 e. The van der Waals surface area contributed by atoms with Crippen LogP contribution >= 0.6 is 11.3 Å². The quantitative estimate of drug-likeness (QED) is 0.767. The molecule has 1 aromatic carbocycles. The highest BCUT2D eigenvalue weighted by Gasteiger charge is 1.99. The van der Waals surface area contributed by atoms with Gasteiger partial charge in [0.1, 0.15) is 5.82 Å². The van der Waals surface area contributed by atoms with Crippen molar-refractivity contribution in [2.75, 3.05) is 5.32 Å². The molecule has 17 heavy (non-hydrogen) atoms. The Morgan fingerprint density at radius 3 is 3.00 bits per heavy atom. The number of hydrogen-bond donors (Lipinski definition) is 1. The van der Waals surface area contributed by atoms with Crippen molar-refractivity contribution < 1.29 is 0 Å². The van der Waals surface area contributed by atoms with Gasteiger partial charge >= 0.3 is 0 Å². The summed E-state index contributed by atoms with van der Waals surface area (Å²) in [5, 5.41) is 9.42. The predicted octanol–water partition coefficient (Wildman–Crippen LogP) is 3.07. The third kappa shape index (κ3) is 2.19. The summed E-state index contributed by atoms with van der Waals surface area (Å²) in [6.07, 6.45) is 3.68. The maximum Gasteiger partial charge on any atom is 0.141 e. The van der Waals surface area contributed by atoms with Crippen molar-refractivity contribution in [1.82, 2.24) is 14.8 Å². The van der Waals surface area contributed by atoms with Gasteiger partial charge in [0.2, 0.25) is 0 Å². The smallest absolute Gasteiger partial charge is 0.141 e. The molecule has 84 valence electrons. The van der Waals surface area contributed by atoms with E-state index in [2.05, 4.69) is 15.4 Å². The van der Waals surface area contributed by atoms with Crippen molar-refractivity contribution in [3.05, 3.63) is 53.6 Å². The Labute approximate surface area is 103 Å². The van der Waals surface area contributed by atoms with Gasteiger partial charge in [-0.25, -0.2) is 9.67 Å². The van der Waals surface area contributed by atoms with E-state index >= 15 is 0 Å². The Kier molecular flexibility index (Phi) is 2.59. The van der Waals surface area contributed by atoms with Crippen molar-refractivity contribution >= 4 is 22.8 Å². The van der Waals surface area contributed by atoms with Gasteiger partial charge in [-0.05, 0) is 24.3 Å². The lowest BCUT2D eigenvalue weighted by Crippen LogP contribution is -1.96. The molecule has 3 aromatic rings. The molecule has 0 saturated carbocycles. The van der Waals surface area contributed by atoms with E-state index < -0.39 is 0 Å². The van der Waals surface area contributed by atoms with Crippen molar-refractivity contribution in [2.24, 2.45) is 0 Å². The number of nitrogens with one attached hydrogen (secondary N) is 1. The van der Waals surface area contributed by atoms with E-state index in [4.69, 9.17) is 0 Å². The van der Waals surface area contributed by atoms with E-state index in [1.165, 1.54) is 0 Å². The molecule has 5 heteroatoms. The van der Waals surface area contributed by atoms with E-state index in [9.17, 15) is 0 Å². The SMILES string of the molecule is c1cc(Nc2cscn2)cc(-n2cccn2)c1. The number of anilines is 2. The van der Waals surface area contributed by atoms with E-state index in [0.717, 1.165) is 17.2 Å². The maximum atomic E-state index is 4.20. The van der Waals surface area contributed by atoms with E-state index in [-0.39, 0.29) is 0 Å². The normalized spacial score (nSPS) is 10.4. The molecule has 2 aromatic heterocycles. The van der Waals surface area contributed by atoms with E-state index in [0.29, 0.717) is 0 Å². The molecule has 0 saturated heterocycles. The summed E-state index contributed by atoms with van der Waals surface area (Å²) in [5.41, 5.74) is 3.83. The van der Waals surface area contributed by atoms with Gasteiger partial charge in [-0.15, -0.1) is 11.3 Å². The first kappa shape index (κ1) is 10.0. The number of hydrogen-bond acceptors (Lipinski definition) is 4. The lowest BCUT2D eigenvalue weighted by Gasteiger charge is -2.06. The second-order valence-electron chi connectivity index (χ2n) is 3.50. The van der Waals surface area contributed by atoms with Crippen LogP contribution in [0.4, 0.5) is 11.5 Å². The average molecular weight is 242 g/mol. The van der Waals surface area contributed by atoms with Gasteiger partial charge in [0.05, 0.1) is 11.2 Å². The van der Waals surface area contributed by atoms with Gasteiger partial charge in [0, 0.05) is 23.5 Å². The van der Waals surface area contributed by atoms with E-state index in [1.54, 1.807) is 23.0 Å². The maximum absolute atomic E-state index is 4.20. The predicted molar refractivity (Wildman–Crippen MR) is 69.0 cm³/mol. The summed E-state index contributed by atoms with van der Waals surface area (Å²) in [6, 6.07) is 9.95. The van der Waals surface area contributed by atoms with Crippen LogP contribution in [0.2, 0.25) is 0 Å². The summed E-state index contributed by atoms with van der Waals surface area (Å²) in [4.78, 5) is 4.19. The molecule has 3 rings (SSSR count). The number of benzene rings is 1. The lowest BCUT2D eigenvalue weighted by atomic mass is 10.3. The third-order valence-electron chi connectivity index (χ3n) is 2.32. The van der Waals surface area contributed by atoms with Crippen LogP contribution in [0.5, 0.6) is 0 Å². The van der Waals surface area contributed by atoms with Crippen molar-refractivity contribution in [3.8, 4) is 5.69 Å². The molecule has 0 aliphatic heterocycles. The Balaban J connectivity index is 1.89. The molecule has 0 bridgehead atoms. The van der Waals surface area contributed by atoms with Crippen LogP contribution in [0.1, 0.15) is 0 Å². The molecule has 0 amide bonds. The molecule has 0 aliphatic rings. The summed E-state index contributed by atoms with van der Waals surface area (Å²) in [6.45, 7) is 0. The highest BCUT2D eigenvalue weighted by atomic mass is 32.1. The second-order valence-corrected chi connectivity index (χ2v) is 4.22. The van der Waals surface area contributed by atoms with Crippen LogP contribution in [0, 0.1) is 0 Å². The van der Waals surface area contributed by atoms with Crippen LogP contribution in [-0.2, 0) is 0 Å². The number of thiazole rings is 1. The van der Waals surface area contributed by atoms with Gasteiger partial charge in [-0.1, -0.05) is 6.07 Å². The van der Waals surface area contributed by atoms with E-state index in [1.807, 2.05) is 46.6 Å². The zero-order valence-corrected chi connectivity index (χ0v) is 9.76. The Morgan fingerprint density at radius 2 is 2.24 bits per heavy atom. The lowest BCUT2D eigenvalue weighted by molar-refractivity contribution is 0.881. The second kappa shape index (κ2) is 4.39. The van der Waals surface area contributed by atoms with Crippen LogP contribution in [0.25, 0.3) is 5.69 Å². The molecule has 2 heterocycles. The molecular weight excluding hydrogens is 232 g/mol. The van der Waals surface area contributed by atoms with Gasteiger partial charge in [-0.2, -0.15) is 5.10 Å². The Bertz CT molecular complexity index is 587. The van der Waals surface area contributed by atoms with Crippen LogP contribution in [-0.4, -0.2) is 14.8 Å². The highest BCUT2D eigenvalue weighted by Crippen LogP contribution is 2.18. The zero-order chi connectivity index (χ0) is 11.5. The molecular formula is C12H10N4S. The van der Waals surface area contributed by atoms with Gasteiger partial charge in [0.15, 0.2) is 0 Å². The fourth-order valence-corrected chi connectivity index (χ4v) is 2.05. The molecule has 0 radical (unpaired) electrons. The Hall–Kier alpha value is -2.14. The number of aromatic nitrogens is 3. The van der Waals surface area contributed by atoms with Gasteiger partial charge in [-0.3, -0.25) is 0 Å². The Morgan fingerprint density at radius 1 is 1.24 bits per heavy atom. The number of rotatable bonds is 3. The fraction of sp³-hybridized carbons (Fsp3) is 0. The summed E-state index contributed by atoms with van der Waals surface area (Å²) in [5.74, 6) is 0.868. The third-order valence-corrected chi connectivity index (χ3v) is 2.91. The summed E-state index contributed by atoms with van der Waals surface area (Å²) < 4.78 is 1.83. The molecule has 0 fully saturated rings.